The van der Waals surface area contributed by atoms with E-state index in [1.165, 1.54) is 7.11 Å². The van der Waals surface area contributed by atoms with Crippen molar-refractivity contribution in [3.05, 3.63) is 28.2 Å². The number of rotatable bonds is 8. The van der Waals surface area contributed by atoms with E-state index in [-0.39, 0.29) is 12.0 Å². The van der Waals surface area contributed by atoms with Crippen molar-refractivity contribution in [2.75, 3.05) is 13.7 Å². The molecule has 0 aromatic heterocycles. The molecule has 0 saturated carbocycles. The average Bonchev–Trinajstić information content (AvgIpc) is 2.45. The summed E-state index contributed by atoms with van der Waals surface area (Å²) < 4.78 is 11.0. The minimum atomic E-state index is -0.164. The van der Waals surface area contributed by atoms with Gasteiger partial charge in [-0.05, 0) is 53.4 Å². The molecule has 0 aliphatic heterocycles. The Morgan fingerprint density at radius 2 is 2.15 bits per heavy atom. The fourth-order valence-corrected chi connectivity index (χ4v) is 2.43. The van der Waals surface area contributed by atoms with Crippen LogP contribution in [0.4, 0.5) is 0 Å². The van der Waals surface area contributed by atoms with Gasteiger partial charge in [-0.25, -0.2) is 0 Å². The summed E-state index contributed by atoms with van der Waals surface area (Å²) >= 11 is 3.48. The maximum atomic E-state index is 11.0. The average molecular weight is 344 g/mol. The van der Waals surface area contributed by atoms with Crippen molar-refractivity contribution in [2.45, 2.75) is 38.6 Å². The fraction of sp³-hybridized carbons (Fsp3) is 0.533. The molecule has 1 aromatic rings. The number of carbonyl (C=O) groups is 1. The predicted molar refractivity (Wildman–Crippen MR) is 82.7 cm³/mol. The molecule has 0 radical (unpaired) electrons. The van der Waals surface area contributed by atoms with Crippen molar-refractivity contribution < 1.29 is 14.3 Å². The predicted octanol–water partition coefficient (Wildman–Crippen LogP) is 3.58. The van der Waals surface area contributed by atoms with E-state index < -0.39 is 0 Å². The quantitative estimate of drug-likeness (QED) is 0.578. The molecule has 1 atom stereocenters. The Hall–Kier alpha value is -1.07. The lowest BCUT2D eigenvalue weighted by Crippen LogP contribution is -2.10. The van der Waals surface area contributed by atoms with Crippen LogP contribution in [0.15, 0.2) is 22.7 Å². The summed E-state index contributed by atoms with van der Waals surface area (Å²) in [5.41, 5.74) is 7.23. The van der Waals surface area contributed by atoms with E-state index in [9.17, 15) is 4.79 Å². The summed E-state index contributed by atoms with van der Waals surface area (Å²) in [6.07, 6.45) is 3.01. The van der Waals surface area contributed by atoms with Crippen molar-refractivity contribution in [3.8, 4) is 5.75 Å². The zero-order chi connectivity index (χ0) is 15.0. The van der Waals surface area contributed by atoms with Gasteiger partial charge < -0.3 is 15.2 Å². The van der Waals surface area contributed by atoms with Gasteiger partial charge in [0.25, 0.3) is 0 Å². The van der Waals surface area contributed by atoms with Gasteiger partial charge in [0, 0.05) is 12.5 Å². The first-order valence-electron chi connectivity index (χ1n) is 6.83. The van der Waals surface area contributed by atoms with Crippen molar-refractivity contribution >= 4 is 21.9 Å². The molecule has 1 rings (SSSR count). The molecule has 0 aliphatic carbocycles. The van der Waals surface area contributed by atoms with Crippen LogP contribution in [0.3, 0.4) is 0 Å². The Bertz CT molecular complexity index is 437. The first-order chi connectivity index (χ1) is 9.58. The number of hydrogen-bond acceptors (Lipinski definition) is 4. The molecule has 0 heterocycles. The third-order valence-corrected chi connectivity index (χ3v) is 3.68. The second kappa shape index (κ2) is 8.97. The molecule has 20 heavy (non-hydrogen) atoms. The Labute approximate surface area is 128 Å². The minimum Gasteiger partial charge on any atom is -0.493 e. The SMILES string of the molecule is CCOc1ccc(C(N)CCCCC(=O)OC)cc1Br. The molecule has 0 bridgehead atoms. The van der Waals surface area contributed by atoms with Crippen LogP contribution < -0.4 is 10.5 Å². The Morgan fingerprint density at radius 1 is 1.40 bits per heavy atom. The van der Waals surface area contributed by atoms with Crippen LogP contribution in [0.2, 0.25) is 0 Å². The molecule has 0 fully saturated rings. The number of halogens is 1. The summed E-state index contributed by atoms with van der Waals surface area (Å²) in [5.74, 6) is 0.663. The van der Waals surface area contributed by atoms with Crippen molar-refractivity contribution in [1.82, 2.24) is 0 Å². The first-order valence-corrected chi connectivity index (χ1v) is 7.62. The summed E-state index contributed by atoms with van der Waals surface area (Å²) in [5, 5.41) is 0. The number of methoxy groups -OCH3 is 1. The summed E-state index contributed by atoms with van der Waals surface area (Å²) in [6, 6.07) is 5.88. The minimum absolute atomic E-state index is 0.0281. The van der Waals surface area contributed by atoms with E-state index in [1.54, 1.807) is 0 Å². The Kier molecular flexibility index (Phi) is 7.62. The van der Waals surface area contributed by atoms with Gasteiger partial charge in [0.1, 0.15) is 5.75 Å². The van der Waals surface area contributed by atoms with Crippen LogP contribution in [0.1, 0.15) is 44.2 Å². The molecular formula is C15H22BrNO3. The summed E-state index contributed by atoms with van der Waals surface area (Å²) in [7, 11) is 1.41. The lowest BCUT2D eigenvalue weighted by atomic mass is 10.0. The lowest BCUT2D eigenvalue weighted by molar-refractivity contribution is -0.140. The molecule has 0 spiro atoms. The molecule has 2 N–H and O–H groups in total. The molecule has 1 unspecified atom stereocenters. The second-order valence-electron chi connectivity index (χ2n) is 4.55. The highest BCUT2D eigenvalue weighted by atomic mass is 79.9. The number of esters is 1. The first kappa shape index (κ1) is 17.0. The second-order valence-corrected chi connectivity index (χ2v) is 5.41. The highest BCUT2D eigenvalue weighted by molar-refractivity contribution is 9.10. The monoisotopic (exact) mass is 343 g/mol. The van der Waals surface area contributed by atoms with E-state index in [4.69, 9.17) is 10.5 Å². The Balaban J connectivity index is 2.45. The molecule has 0 amide bonds. The van der Waals surface area contributed by atoms with Crippen molar-refractivity contribution in [2.24, 2.45) is 5.73 Å². The number of unbranched alkanes of at least 4 members (excludes halogenated alkanes) is 1. The van der Waals surface area contributed by atoms with Gasteiger partial charge in [-0.15, -0.1) is 0 Å². The van der Waals surface area contributed by atoms with E-state index in [2.05, 4.69) is 20.7 Å². The van der Waals surface area contributed by atoms with Crippen LogP contribution in [-0.4, -0.2) is 19.7 Å². The number of carbonyl (C=O) groups excluding carboxylic acids is 1. The summed E-state index contributed by atoms with van der Waals surface area (Å²) in [4.78, 5) is 11.0. The van der Waals surface area contributed by atoms with Gasteiger partial charge >= 0.3 is 5.97 Å². The van der Waals surface area contributed by atoms with E-state index in [1.807, 2.05) is 25.1 Å². The van der Waals surface area contributed by atoms with E-state index >= 15 is 0 Å². The molecule has 112 valence electrons. The normalized spacial score (nSPS) is 12.0. The fourth-order valence-electron chi connectivity index (χ4n) is 1.92. The van der Waals surface area contributed by atoms with Crippen molar-refractivity contribution in [1.29, 1.82) is 0 Å². The van der Waals surface area contributed by atoms with Crippen LogP contribution >= 0.6 is 15.9 Å². The van der Waals surface area contributed by atoms with E-state index in [0.29, 0.717) is 13.0 Å². The van der Waals surface area contributed by atoms with Crippen LogP contribution in [0.25, 0.3) is 0 Å². The molecular weight excluding hydrogens is 322 g/mol. The topological polar surface area (TPSA) is 61.5 Å². The van der Waals surface area contributed by atoms with Crippen LogP contribution in [0, 0.1) is 0 Å². The molecule has 5 heteroatoms. The van der Waals surface area contributed by atoms with Gasteiger partial charge in [-0.2, -0.15) is 0 Å². The van der Waals surface area contributed by atoms with Gasteiger partial charge in [0.2, 0.25) is 0 Å². The highest BCUT2D eigenvalue weighted by Gasteiger charge is 2.09. The maximum absolute atomic E-state index is 11.0. The van der Waals surface area contributed by atoms with Crippen LogP contribution in [0.5, 0.6) is 5.75 Å². The number of benzene rings is 1. The third kappa shape index (κ3) is 5.51. The van der Waals surface area contributed by atoms with Crippen molar-refractivity contribution in [3.63, 3.8) is 0 Å². The molecule has 1 aromatic carbocycles. The largest absolute Gasteiger partial charge is 0.493 e. The van der Waals surface area contributed by atoms with E-state index in [0.717, 1.165) is 35.0 Å². The third-order valence-electron chi connectivity index (χ3n) is 3.06. The number of ether oxygens (including phenoxy) is 2. The zero-order valence-corrected chi connectivity index (χ0v) is 13.6. The molecule has 0 aliphatic rings. The molecule has 4 nitrogen and oxygen atoms in total. The smallest absolute Gasteiger partial charge is 0.305 e. The standard InChI is InChI=1S/C15H22BrNO3/c1-3-20-14-9-8-11(10-12(14)16)13(17)6-4-5-7-15(18)19-2/h8-10,13H,3-7,17H2,1-2H3. The van der Waals surface area contributed by atoms with Crippen LogP contribution in [-0.2, 0) is 9.53 Å². The van der Waals surface area contributed by atoms with Gasteiger partial charge in [-0.1, -0.05) is 12.5 Å². The van der Waals surface area contributed by atoms with Gasteiger partial charge in [0.15, 0.2) is 0 Å². The molecule has 0 saturated heterocycles. The Morgan fingerprint density at radius 3 is 2.75 bits per heavy atom. The maximum Gasteiger partial charge on any atom is 0.305 e. The zero-order valence-electron chi connectivity index (χ0n) is 12.0. The van der Waals surface area contributed by atoms with Gasteiger partial charge in [-0.3, -0.25) is 4.79 Å². The highest BCUT2D eigenvalue weighted by Crippen LogP contribution is 2.29. The van der Waals surface area contributed by atoms with Gasteiger partial charge in [0.05, 0.1) is 18.2 Å². The lowest BCUT2D eigenvalue weighted by Gasteiger charge is -2.14. The number of hydrogen-bond donors (Lipinski definition) is 1. The summed E-state index contributed by atoms with van der Waals surface area (Å²) in [6.45, 7) is 2.59. The number of nitrogens with two attached hydrogens (primary N) is 1.